The molecule has 0 radical (unpaired) electrons. The number of amides is 1. The molecule has 3 aromatic carbocycles. The van der Waals surface area contributed by atoms with Gasteiger partial charge in [0.15, 0.2) is 0 Å². The molecule has 0 aliphatic carbocycles. The van der Waals surface area contributed by atoms with Gasteiger partial charge in [-0.2, -0.15) is 0 Å². The zero-order valence-corrected chi connectivity index (χ0v) is 16.9. The normalized spacial score (nSPS) is 11.7. The number of nitrogens with one attached hydrogen (secondary N) is 1. The van der Waals surface area contributed by atoms with E-state index in [1.807, 2.05) is 31.2 Å². The molecule has 4 heteroatoms. The first-order chi connectivity index (χ1) is 13.6. The standard InChI is InChI=1S/C24H24ClNO2/c1-3-18-8-10-19(11-9-18)17(2)26-24(27)20-12-14-22(15-13-20)28-16-21-6-4-5-7-23(21)25/h4-15,17H,3,16H2,1-2H3,(H,26,27)/t17-/m0/s1. The first-order valence-electron chi connectivity index (χ1n) is 9.42. The van der Waals surface area contributed by atoms with Gasteiger partial charge in [0, 0.05) is 16.1 Å². The molecule has 3 aromatic rings. The van der Waals surface area contributed by atoms with Gasteiger partial charge in [-0.3, -0.25) is 4.79 Å². The van der Waals surface area contributed by atoms with E-state index in [4.69, 9.17) is 16.3 Å². The van der Waals surface area contributed by atoms with Crippen molar-refractivity contribution in [2.24, 2.45) is 0 Å². The molecule has 1 amide bonds. The second-order valence-electron chi connectivity index (χ2n) is 6.69. The van der Waals surface area contributed by atoms with Gasteiger partial charge in [-0.25, -0.2) is 0 Å². The van der Waals surface area contributed by atoms with Gasteiger partial charge in [0.2, 0.25) is 0 Å². The van der Waals surface area contributed by atoms with Crippen LogP contribution in [-0.2, 0) is 13.0 Å². The number of rotatable bonds is 7. The Balaban J connectivity index is 1.57. The van der Waals surface area contributed by atoms with Crippen molar-refractivity contribution in [2.45, 2.75) is 32.9 Å². The molecule has 0 saturated carbocycles. The Morgan fingerprint density at radius 3 is 2.32 bits per heavy atom. The van der Waals surface area contributed by atoms with Gasteiger partial charge in [0.05, 0.1) is 6.04 Å². The zero-order valence-electron chi connectivity index (χ0n) is 16.1. The van der Waals surface area contributed by atoms with E-state index in [0.29, 0.717) is 22.9 Å². The Kier molecular flexibility index (Phi) is 6.72. The van der Waals surface area contributed by atoms with E-state index in [0.717, 1.165) is 17.5 Å². The average molecular weight is 394 g/mol. The van der Waals surface area contributed by atoms with E-state index in [1.54, 1.807) is 24.3 Å². The van der Waals surface area contributed by atoms with E-state index in [-0.39, 0.29) is 11.9 Å². The van der Waals surface area contributed by atoms with Crippen molar-refractivity contribution < 1.29 is 9.53 Å². The first kappa shape index (κ1) is 20.0. The Labute approximate surface area is 171 Å². The fourth-order valence-corrected chi connectivity index (χ4v) is 3.07. The van der Waals surface area contributed by atoms with Crippen LogP contribution in [-0.4, -0.2) is 5.91 Å². The summed E-state index contributed by atoms with van der Waals surface area (Å²) in [6, 6.07) is 23.0. The molecule has 1 atom stereocenters. The monoisotopic (exact) mass is 393 g/mol. The van der Waals surface area contributed by atoms with Crippen LogP contribution < -0.4 is 10.1 Å². The minimum Gasteiger partial charge on any atom is -0.489 e. The summed E-state index contributed by atoms with van der Waals surface area (Å²) >= 11 is 6.14. The highest BCUT2D eigenvalue weighted by atomic mass is 35.5. The lowest BCUT2D eigenvalue weighted by molar-refractivity contribution is 0.0940. The van der Waals surface area contributed by atoms with Crippen molar-refractivity contribution in [1.29, 1.82) is 0 Å². The molecule has 0 spiro atoms. The average Bonchev–Trinajstić information content (AvgIpc) is 2.73. The molecule has 28 heavy (non-hydrogen) atoms. The van der Waals surface area contributed by atoms with Gasteiger partial charge >= 0.3 is 0 Å². The van der Waals surface area contributed by atoms with Gasteiger partial charge in [-0.05, 0) is 54.8 Å². The summed E-state index contributed by atoms with van der Waals surface area (Å²) in [5.41, 5.74) is 3.90. The van der Waals surface area contributed by atoms with E-state index in [2.05, 4.69) is 36.5 Å². The molecule has 0 fully saturated rings. The molecule has 0 aliphatic heterocycles. The van der Waals surface area contributed by atoms with E-state index >= 15 is 0 Å². The molecule has 3 rings (SSSR count). The molecular formula is C24H24ClNO2. The minimum absolute atomic E-state index is 0.0606. The van der Waals surface area contributed by atoms with Crippen LogP contribution in [0.15, 0.2) is 72.8 Å². The SMILES string of the molecule is CCc1ccc([C@H](C)NC(=O)c2ccc(OCc3ccccc3Cl)cc2)cc1. The zero-order chi connectivity index (χ0) is 19.9. The van der Waals surface area contributed by atoms with Crippen LogP contribution in [0, 0.1) is 0 Å². The number of aryl methyl sites for hydroxylation is 1. The fraction of sp³-hybridized carbons (Fsp3) is 0.208. The summed E-state index contributed by atoms with van der Waals surface area (Å²) in [6.45, 7) is 4.50. The largest absolute Gasteiger partial charge is 0.489 e. The molecule has 3 nitrogen and oxygen atoms in total. The predicted octanol–water partition coefficient (Wildman–Crippen LogP) is 5.97. The third-order valence-electron chi connectivity index (χ3n) is 4.70. The van der Waals surface area contributed by atoms with Gasteiger partial charge < -0.3 is 10.1 Å². The highest BCUT2D eigenvalue weighted by molar-refractivity contribution is 6.31. The van der Waals surface area contributed by atoms with Crippen LogP contribution in [0.25, 0.3) is 0 Å². The van der Waals surface area contributed by atoms with Crippen LogP contribution in [0.3, 0.4) is 0 Å². The van der Waals surface area contributed by atoms with Crippen molar-refractivity contribution >= 4 is 17.5 Å². The molecule has 0 heterocycles. The van der Waals surface area contributed by atoms with Crippen LogP contribution in [0.5, 0.6) is 5.75 Å². The van der Waals surface area contributed by atoms with Gasteiger partial charge in [0.25, 0.3) is 5.91 Å². The number of carbonyl (C=O) groups is 1. The van der Waals surface area contributed by atoms with Crippen molar-refractivity contribution in [2.75, 3.05) is 0 Å². The predicted molar refractivity (Wildman–Crippen MR) is 114 cm³/mol. The van der Waals surface area contributed by atoms with Crippen LogP contribution >= 0.6 is 11.6 Å². The molecule has 0 aromatic heterocycles. The van der Waals surface area contributed by atoms with E-state index in [1.165, 1.54) is 5.56 Å². The lowest BCUT2D eigenvalue weighted by Crippen LogP contribution is -2.26. The number of ether oxygens (including phenoxy) is 1. The molecule has 0 saturated heterocycles. The van der Waals surface area contributed by atoms with Crippen LogP contribution in [0.2, 0.25) is 5.02 Å². The van der Waals surface area contributed by atoms with E-state index < -0.39 is 0 Å². The minimum atomic E-state index is -0.107. The van der Waals surface area contributed by atoms with Crippen LogP contribution in [0.1, 0.15) is 46.9 Å². The maximum Gasteiger partial charge on any atom is 0.251 e. The Morgan fingerprint density at radius 1 is 1.00 bits per heavy atom. The Bertz CT molecular complexity index is 920. The van der Waals surface area contributed by atoms with Crippen molar-refractivity contribution in [1.82, 2.24) is 5.32 Å². The van der Waals surface area contributed by atoms with Crippen molar-refractivity contribution in [3.05, 3.63) is 100 Å². The molecule has 0 aliphatic rings. The van der Waals surface area contributed by atoms with Gasteiger partial charge in [-0.15, -0.1) is 0 Å². The summed E-state index contributed by atoms with van der Waals surface area (Å²) < 4.78 is 5.76. The van der Waals surface area contributed by atoms with Gasteiger partial charge in [0.1, 0.15) is 12.4 Å². The topological polar surface area (TPSA) is 38.3 Å². The number of hydrogen-bond donors (Lipinski definition) is 1. The second-order valence-corrected chi connectivity index (χ2v) is 7.10. The number of benzene rings is 3. The molecule has 1 N–H and O–H groups in total. The lowest BCUT2D eigenvalue weighted by Gasteiger charge is -2.15. The molecule has 0 unspecified atom stereocenters. The fourth-order valence-electron chi connectivity index (χ4n) is 2.88. The third kappa shape index (κ3) is 5.14. The second kappa shape index (κ2) is 9.43. The summed E-state index contributed by atoms with van der Waals surface area (Å²) in [4.78, 5) is 12.5. The number of halogens is 1. The molecule has 0 bridgehead atoms. The van der Waals surface area contributed by atoms with Crippen LogP contribution in [0.4, 0.5) is 0 Å². The summed E-state index contributed by atoms with van der Waals surface area (Å²) in [6.07, 6.45) is 1.01. The highest BCUT2D eigenvalue weighted by Crippen LogP contribution is 2.20. The van der Waals surface area contributed by atoms with E-state index in [9.17, 15) is 4.79 Å². The third-order valence-corrected chi connectivity index (χ3v) is 5.07. The summed E-state index contributed by atoms with van der Waals surface area (Å²) in [7, 11) is 0. The maximum absolute atomic E-state index is 12.5. The Hall–Kier alpha value is -2.78. The van der Waals surface area contributed by atoms with Crippen molar-refractivity contribution in [3.63, 3.8) is 0 Å². The van der Waals surface area contributed by atoms with Gasteiger partial charge in [-0.1, -0.05) is 61.0 Å². The lowest BCUT2D eigenvalue weighted by atomic mass is 10.0. The quantitative estimate of drug-likeness (QED) is 0.536. The molecular weight excluding hydrogens is 370 g/mol. The Morgan fingerprint density at radius 2 is 1.68 bits per heavy atom. The van der Waals surface area contributed by atoms with Crippen molar-refractivity contribution in [3.8, 4) is 5.75 Å². The summed E-state index contributed by atoms with van der Waals surface area (Å²) in [5.74, 6) is 0.587. The maximum atomic E-state index is 12.5. The number of carbonyl (C=O) groups excluding carboxylic acids is 1. The highest BCUT2D eigenvalue weighted by Gasteiger charge is 2.11. The first-order valence-corrected chi connectivity index (χ1v) is 9.80. The summed E-state index contributed by atoms with van der Waals surface area (Å²) in [5, 5.41) is 3.72. The number of hydrogen-bond acceptors (Lipinski definition) is 2. The smallest absolute Gasteiger partial charge is 0.251 e. The molecule has 144 valence electrons.